The van der Waals surface area contributed by atoms with Crippen molar-refractivity contribution in [1.29, 1.82) is 0 Å². The average molecular weight is 443 g/mol. The molecule has 2 aromatic carbocycles. The van der Waals surface area contributed by atoms with E-state index in [0.717, 1.165) is 30.2 Å². The molecule has 0 amide bonds. The Bertz CT molecular complexity index is 910. The van der Waals surface area contributed by atoms with Crippen molar-refractivity contribution in [1.82, 2.24) is 9.78 Å². The third kappa shape index (κ3) is 3.19. The van der Waals surface area contributed by atoms with Crippen LogP contribution in [0.25, 0.3) is 16.9 Å². The number of hydrogen-bond acceptors (Lipinski definition) is 2. The van der Waals surface area contributed by atoms with Crippen LogP contribution < -0.4 is 5.32 Å². The molecule has 0 atom stereocenters. The Balaban J connectivity index is 1.89. The van der Waals surface area contributed by atoms with Gasteiger partial charge in [0.15, 0.2) is 0 Å². The largest absolute Gasteiger partial charge is 0.370 e. The Morgan fingerprint density at radius 3 is 2.56 bits per heavy atom. The maximum atomic E-state index is 5.03. The van der Waals surface area contributed by atoms with E-state index in [-0.39, 0.29) is 0 Å². The molecule has 3 aromatic rings. The summed E-state index contributed by atoms with van der Waals surface area (Å²) in [4.78, 5) is 0. The zero-order valence-corrected chi connectivity index (χ0v) is 16.8. The normalized spacial score (nSPS) is 13.9. The van der Waals surface area contributed by atoms with Crippen molar-refractivity contribution in [2.75, 3.05) is 11.9 Å². The molecule has 128 valence electrons. The molecule has 0 saturated carbocycles. The van der Waals surface area contributed by atoms with Gasteiger partial charge < -0.3 is 5.32 Å². The molecule has 3 nitrogen and oxygen atoms in total. The van der Waals surface area contributed by atoms with E-state index in [4.69, 9.17) is 5.10 Å². The molecule has 1 N–H and O–H groups in total. The topological polar surface area (TPSA) is 29.9 Å². The third-order valence-corrected chi connectivity index (χ3v) is 5.70. The molecule has 1 aliphatic rings. The molecule has 0 bridgehead atoms. The zero-order valence-electron chi connectivity index (χ0n) is 14.6. The number of hydrogen-bond donors (Lipinski definition) is 1. The second-order valence-electron chi connectivity index (χ2n) is 6.75. The van der Waals surface area contributed by atoms with Gasteiger partial charge in [-0.2, -0.15) is 5.10 Å². The fourth-order valence-electron chi connectivity index (χ4n) is 3.39. The van der Waals surface area contributed by atoms with Gasteiger partial charge in [-0.05, 0) is 91.1 Å². The number of anilines is 1. The minimum Gasteiger partial charge on any atom is -0.370 e. The highest BCUT2D eigenvalue weighted by Gasteiger charge is 2.21. The highest BCUT2D eigenvalue weighted by Crippen LogP contribution is 2.34. The van der Waals surface area contributed by atoms with Gasteiger partial charge in [0.05, 0.1) is 11.4 Å². The second kappa shape index (κ2) is 6.83. The number of nitrogens with zero attached hydrogens (tertiary/aromatic N) is 2. The molecule has 1 aliphatic heterocycles. The fourth-order valence-corrected chi connectivity index (χ4v) is 3.75. The summed E-state index contributed by atoms with van der Waals surface area (Å²) < 4.78 is 3.35. The van der Waals surface area contributed by atoms with Crippen molar-refractivity contribution in [3.8, 4) is 16.9 Å². The smallest absolute Gasteiger partial charge is 0.133 e. The predicted molar refractivity (Wildman–Crippen MR) is 113 cm³/mol. The predicted octanol–water partition coefficient (Wildman–Crippen LogP) is 5.51. The lowest BCUT2D eigenvalue weighted by Crippen LogP contribution is -2.07. The van der Waals surface area contributed by atoms with Crippen LogP contribution in [0.3, 0.4) is 0 Å². The van der Waals surface area contributed by atoms with E-state index < -0.39 is 0 Å². The van der Waals surface area contributed by atoms with Crippen LogP contribution in [-0.2, 0) is 6.42 Å². The maximum absolute atomic E-state index is 5.03. The van der Waals surface area contributed by atoms with E-state index in [0.29, 0.717) is 0 Å². The second-order valence-corrected chi connectivity index (χ2v) is 7.99. The van der Waals surface area contributed by atoms with Gasteiger partial charge >= 0.3 is 0 Å². The van der Waals surface area contributed by atoms with E-state index in [2.05, 4.69) is 88.9 Å². The summed E-state index contributed by atoms with van der Waals surface area (Å²) >= 11 is 2.35. The zero-order chi connectivity index (χ0) is 17.4. The first-order chi connectivity index (χ1) is 12.1. The lowest BCUT2D eigenvalue weighted by Gasteiger charge is -2.10. The maximum Gasteiger partial charge on any atom is 0.133 e. The van der Waals surface area contributed by atoms with Crippen LogP contribution in [0.5, 0.6) is 0 Å². The molecule has 0 aliphatic carbocycles. The van der Waals surface area contributed by atoms with E-state index in [1.165, 1.54) is 38.7 Å². The number of aromatic nitrogens is 2. The van der Waals surface area contributed by atoms with Gasteiger partial charge in [-0.3, -0.25) is 0 Å². The quantitative estimate of drug-likeness (QED) is 0.530. The van der Waals surface area contributed by atoms with Crippen LogP contribution in [0.1, 0.15) is 29.5 Å². The highest BCUT2D eigenvalue weighted by molar-refractivity contribution is 14.1. The molecular weight excluding hydrogens is 421 g/mol. The summed E-state index contributed by atoms with van der Waals surface area (Å²) in [5, 5.41) is 8.65. The Labute approximate surface area is 162 Å². The van der Waals surface area contributed by atoms with Crippen LogP contribution in [-0.4, -0.2) is 16.3 Å². The van der Waals surface area contributed by atoms with Gasteiger partial charge in [-0.25, -0.2) is 4.68 Å². The summed E-state index contributed by atoms with van der Waals surface area (Å²) in [5.41, 5.74) is 7.39. The number of rotatable bonds is 2. The Hall–Kier alpha value is -1.82. The van der Waals surface area contributed by atoms with Gasteiger partial charge in [-0.15, -0.1) is 0 Å². The van der Waals surface area contributed by atoms with Crippen LogP contribution >= 0.6 is 22.6 Å². The first-order valence-corrected chi connectivity index (χ1v) is 9.91. The van der Waals surface area contributed by atoms with Crippen molar-refractivity contribution in [2.45, 2.75) is 33.1 Å². The first-order valence-electron chi connectivity index (χ1n) is 8.83. The minimum atomic E-state index is 1.01. The summed E-state index contributed by atoms with van der Waals surface area (Å²) in [6, 6.07) is 15.2. The number of halogens is 1. The van der Waals surface area contributed by atoms with Crippen LogP contribution in [0.4, 0.5) is 5.82 Å². The van der Waals surface area contributed by atoms with E-state index in [1.807, 2.05) is 0 Å². The molecule has 25 heavy (non-hydrogen) atoms. The first kappa shape index (κ1) is 16.6. The lowest BCUT2D eigenvalue weighted by molar-refractivity contribution is 0.780. The van der Waals surface area contributed by atoms with Gasteiger partial charge in [0, 0.05) is 21.2 Å². The Morgan fingerprint density at radius 2 is 1.80 bits per heavy atom. The molecule has 0 saturated heterocycles. The van der Waals surface area contributed by atoms with Gasteiger partial charge in [0.2, 0.25) is 0 Å². The molecular formula is C21H22IN3. The SMILES string of the molecule is Cc1ccc(-n2nc(-c3ccc(I)cc3)c3c2NCCCC3)cc1C. The van der Waals surface area contributed by atoms with E-state index in [9.17, 15) is 0 Å². The molecule has 4 rings (SSSR count). The molecule has 0 fully saturated rings. The minimum absolute atomic E-state index is 1.01. The molecule has 0 spiro atoms. The molecule has 0 unspecified atom stereocenters. The standard InChI is InChI=1S/C21H22IN3/c1-14-6-11-18(13-15(14)2)25-21-19(5-3-4-12-23-21)20(24-25)16-7-9-17(22)10-8-16/h6-11,13,23H,3-5,12H2,1-2H3. The molecule has 1 aromatic heterocycles. The van der Waals surface area contributed by atoms with Crippen LogP contribution in [0.15, 0.2) is 42.5 Å². The van der Waals surface area contributed by atoms with E-state index in [1.54, 1.807) is 0 Å². The van der Waals surface area contributed by atoms with Crippen molar-refractivity contribution < 1.29 is 0 Å². The monoisotopic (exact) mass is 443 g/mol. The van der Waals surface area contributed by atoms with Gasteiger partial charge in [-0.1, -0.05) is 18.2 Å². The lowest BCUT2D eigenvalue weighted by atomic mass is 10.0. The average Bonchev–Trinajstić information content (AvgIpc) is 2.80. The molecule has 2 heterocycles. The Morgan fingerprint density at radius 1 is 1.00 bits per heavy atom. The van der Waals surface area contributed by atoms with Crippen molar-refractivity contribution >= 4 is 28.4 Å². The number of fused-ring (bicyclic) bond motifs is 1. The number of nitrogens with one attached hydrogen (secondary N) is 1. The summed E-state index contributed by atoms with van der Waals surface area (Å²) in [7, 11) is 0. The summed E-state index contributed by atoms with van der Waals surface area (Å²) in [6.07, 6.45) is 3.48. The highest BCUT2D eigenvalue weighted by atomic mass is 127. The van der Waals surface area contributed by atoms with Crippen molar-refractivity contribution in [3.63, 3.8) is 0 Å². The van der Waals surface area contributed by atoms with Crippen LogP contribution in [0, 0.1) is 17.4 Å². The van der Waals surface area contributed by atoms with Crippen molar-refractivity contribution in [3.05, 3.63) is 62.7 Å². The molecule has 4 heteroatoms. The van der Waals surface area contributed by atoms with Gasteiger partial charge in [0.25, 0.3) is 0 Å². The van der Waals surface area contributed by atoms with Crippen LogP contribution in [0.2, 0.25) is 0 Å². The number of benzene rings is 2. The third-order valence-electron chi connectivity index (χ3n) is 4.98. The summed E-state index contributed by atoms with van der Waals surface area (Å²) in [6.45, 7) is 5.32. The fraction of sp³-hybridized carbons (Fsp3) is 0.286. The Kier molecular flexibility index (Phi) is 4.54. The van der Waals surface area contributed by atoms with Gasteiger partial charge in [0.1, 0.15) is 5.82 Å². The van der Waals surface area contributed by atoms with E-state index >= 15 is 0 Å². The summed E-state index contributed by atoms with van der Waals surface area (Å²) in [5.74, 6) is 1.16. The number of aryl methyl sites for hydroxylation is 2. The van der Waals surface area contributed by atoms with Crippen molar-refractivity contribution in [2.24, 2.45) is 0 Å². The molecule has 0 radical (unpaired) electrons.